The van der Waals surface area contributed by atoms with E-state index in [2.05, 4.69) is 48.7 Å². The van der Waals surface area contributed by atoms with E-state index in [9.17, 15) is 14.4 Å². The first-order valence-electron chi connectivity index (χ1n) is 14.5. The first-order chi connectivity index (χ1) is 19.7. The van der Waals surface area contributed by atoms with E-state index in [-0.39, 0.29) is 42.5 Å². The molecule has 1 unspecified atom stereocenters. The van der Waals surface area contributed by atoms with Gasteiger partial charge in [-0.15, -0.1) is 0 Å². The van der Waals surface area contributed by atoms with Crippen molar-refractivity contribution >= 4 is 61.2 Å². The first-order valence-corrected chi connectivity index (χ1v) is 16.4. The highest BCUT2D eigenvalue weighted by Gasteiger charge is 2.37. The van der Waals surface area contributed by atoms with Crippen LogP contribution in [0.1, 0.15) is 73.2 Å². The number of amides is 2. The number of carbonyl (C=O) groups is 3. The number of hydrogen-bond acceptors (Lipinski definition) is 5. The van der Waals surface area contributed by atoms with E-state index in [0.29, 0.717) is 25.4 Å². The van der Waals surface area contributed by atoms with Crippen LogP contribution in [0.4, 0.5) is 0 Å². The van der Waals surface area contributed by atoms with E-state index in [1.54, 1.807) is 0 Å². The molecule has 0 spiro atoms. The zero-order valence-corrected chi connectivity index (χ0v) is 27.3. The Morgan fingerprint density at radius 1 is 0.927 bits per heavy atom. The fourth-order valence-electron chi connectivity index (χ4n) is 6.74. The molecule has 0 bridgehead atoms. The number of aryl methyl sites for hydroxylation is 2. The summed E-state index contributed by atoms with van der Waals surface area (Å²) >= 11 is 13.9. The largest absolute Gasteiger partial charge is 0.469 e. The average molecular weight is 710 g/mol. The highest BCUT2D eigenvalue weighted by Crippen LogP contribution is 2.46. The molecule has 2 saturated heterocycles. The molecule has 41 heavy (non-hydrogen) atoms. The summed E-state index contributed by atoms with van der Waals surface area (Å²) in [4.78, 5) is 45.9. The van der Waals surface area contributed by atoms with E-state index in [1.165, 1.54) is 23.8 Å². The molecule has 3 heterocycles. The van der Waals surface area contributed by atoms with Crippen molar-refractivity contribution in [2.24, 2.45) is 11.8 Å². The van der Waals surface area contributed by atoms with Gasteiger partial charge in [-0.25, -0.2) is 0 Å². The number of hydrogen-bond donors (Lipinski definition) is 0. The van der Waals surface area contributed by atoms with Crippen LogP contribution in [0.15, 0.2) is 33.3 Å². The van der Waals surface area contributed by atoms with Gasteiger partial charge in [0.1, 0.15) is 0 Å². The molecule has 2 fully saturated rings. The third-order valence-electron chi connectivity index (χ3n) is 8.98. The van der Waals surface area contributed by atoms with Crippen LogP contribution in [0, 0.1) is 11.8 Å². The molecule has 1 aromatic heterocycles. The lowest BCUT2D eigenvalue weighted by molar-refractivity contribution is -0.144. The molecule has 1 aromatic carbocycles. The highest BCUT2D eigenvalue weighted by atomic mass is 79.9. The number of esters is 1. The summed E-state index contributed by atoms with van der Waals surface area (Å²) in [6.45, 7) is 2.78. The van der Waals surface area contributed by atoms with Crippen LogP contribution in [0.25, 0.3) is 0 Å². The summed E-state index contributed by atoms with van der Waals surface area (Å²) in [6.07, 6.45) is 8.05. The van der Waals surface area contributed by atoms with Gasteiger partial charge in [-0.2, -0.15) is 0 Å². The molecule has 7 nitrogen and oxygen atoms in total. The molecular weight excluding hydrogens is 674 g/mol. The zero-order valence-electron chi connectivity index (χ0n) is 23.3. The number of piperidine rings is 2. The van der Waals surface area contributed by atoms with E-state index in [4.69, 9.17) is 16.6 Å². The van der Waals surface area contributed by atoms with Crippen LogP contribution in [-0.2, 0) is 32.0 Å². The summed E-state index contributed by atoms with van der Waals surface area (Å²) in [6, 6.07) is 6.30. The molecule has 2 amide bonds. The Balaban J connectivity index is 1.20. The summed E-state index contributed by atoms with van der Waals surface area (Å²) < 4.78 is 6.67. The second kappa shape index (κ2) is 13.6. The predicted molar refractivity (Wildman–Crippen MR) is 165 cm³/mol. The highest BCUT2D eigenvalue weighted by molar-refractivity contribution is 9.10. The molecular formula is C31H36Br2ClN3O4. The van der Waals surface area contributed by atoms with Crippen molar-refractivity contribution in [2.45, 2.75) is 63.7 Å². The number of likely N-dealkylation sites (tertiary alicyclic amines) is 2. The van der Waals surface area contributed by atoms with Gasteiger partial charge in [-0.05, 0) is 101 Å². The van der Waals surface area contributed by atoms with Gasteiger partial charge in [0.15, 0.2) is 0 Å². The van der Waals surface area contributed by atoms with Gasteiger partial charge in [0, 0.05) is 65.1 Å². The zero-order chi connectivity index (χ0) is 29.1. The summed E-state index contributed by atoms with van der Waals surface area (Å²) in [5.74, 6) is 0.654. The van der Waals surface area contributed by atoms with Crippen molar-refractivity contribution in [3.63, 3.8) is 0 Å². The summed E-state index contributed by atoms with van der Waals surface area (Å²) in [5, 5.41) is 0.742. The molecule has 5 rings (SSSR count). The van der Waals surface area contributed by atoms with Crippen molar-refractivity contribution < 1.29 is 19.1 Å². The predicted octanol–water partition coefficient (Wildman–Crippen LogP) is 6.31. The fraction of sp³-hybridized carbons (Fsp3) is 0.548. The Labute approximate surface area is 263 Å². The van der Waals surface area contributed by atoms with Crippen LogP contribution in [0.2, 0.25) is 5.02 Å². The molecule has 0 radical (unpaired) electrons. The van der Waals surface area contributed by atoms with Gasteiger partial charge >= 0.3 is 5.97 Å². The number of rotatable bonds is 6. The number of ether oxygens (including phenoxy) is 1. The molecule has 220 valence electrons. The summed E-state index contributed by atoms with van der Waals surface area (Å²) in [7, 11) is 1.33. The van der Waals surface area contributed by atoms with Crippen molar-refractivity contribution in [3.8, 4) is 0 Å². The number of nitrogens with zero attached hydrogens (tertiary/aromatic N) is 3. The van der Waals surface area contributed by atoms with Crippen molar-refractivity contribution in [1.29, 1.82) is 0 Å². The first kappa shape index (κ1) is 30.5. The smallest absolute Gasteiger partial charge is 0.306 e. The normalized spacial score (nSPS) is 19.8. The Morgan fingerprint density at radius 3 is 2.29 bits per heavy atom. The minimum Gasteiger partial charge on any atom is -0.469 e. The van der Waals surface area contributed by atoms with E-state index in [1.807, 2.05) is 22.1 Å². The average Bonchev–Trinajstić information content (AvgIpc) is 3.13. The van der Waals surface area contributed by atoms with E-state index < -0.39 is 0 Å². The minimum absolute atomic E-state index is 0.0142. The monoisotopic (exact) mass is 707 g/mol. The van der Waals surface area contributed by atoms with Crippen LogP contribution in [0.3, 0.4) is 0 Å². The van der Waals surface area contributed by atoms with Gasteiger partial charge in [-0.3, -0.25) is 19.4 Å². The molecule has 10 heteroatoms. The summed E-state index contributed by atoms with van der Waals surface area (Å²) in [5.41, 5.74) is 4.99. The lowest BCUT2D eigenvalue weighted by atomic mass is 9.76. The maximum absolute atomic E-state index is 13.3. The number of benzene rings is 1. The number of aromatic nitrogens is 1. The quantitative estimate of drug-likeness (QED) is 0.329. The molecule has 0 N–H and O–H groups in total. The molecule has 2 aromatic rings. The van der Waals surface area contributed by atoms with Crippen LogP contribution >= 0.6 is 43.5 Å². The molecule has 1 aliphatic carbocycles. The fourth-order valence-corrected chi connectivity index (χ4v) is 8.24. The van der Waals surface area contributed by atoms with Gasteiger partial charge in [0.2, 0.25) is 11.8 Å². The lowest BCUT2D eigenvalue weighted by Crippen LogP contribution is -2.43. The van der Waals surface area contributed by atoms with Gasteiger partial charge in [0.25, 0.3) is 0 Å². The maximum Gasteiger partial charge on any atom is 0.306 e. The topological polar surface area (TPSA) is 79.8 Å². The van der Waals surface area contributed by atoms with Crippen LogP contribution in [0.5, 0.6) is 0 Å². The minimum atomic E-state index is -0.364. The standard InChI is InChI=1S/C31H36Br2ClN3O4/c1-41-28(40)5-4-26(38)36-10-6-19(7-11-36)14-27(39)37-12-8-20(9-13-37)30-29-21(16-24(34)17-25(29)33)2-3-22-15-23(32)18-35-31(22)30/h15-20,30H,2-14H2,1H3. The number of carbonyl (C=O) groups excluding carboxylic acids is 3. The maximum atomic E-state index is 13.3. The second-order valence-corrected chi connectivity index (χ2v) is 13.7. The van der Waals surface area contributed by atoms with E-state index in [0.717, 1.165) is 71.3 Å². The Hall–Kier alpha value is -1.97. The van der Waals surface area contributed by atoms with Crippen LogP contribution in [-0.4, -0.2) is 65.9 Å². The lowest BCUT2D eigenvalue weighted by Gasteiger charge is -2.38. The Morgan fingerprint density at radius 2 is 1.59 bits per heavy atom. The molecule has 0 saturated carbocycles. The third kappa shape index (κ3) is 7.16. The van der Waals surface area contributed by atoms with Crippen molar-refractivity contribution in [1.82, 2.24) is 14.8 Å². The van der Waals surface area contributed by atoms with Crippen LogP contribution < -0.4 is 0 Å². The van der Waals surface area contributed by atoms with Crippen molar-refractivity contribution in [3.05, 3.63) is 60.7 Å². The number of pyridine rings is 1. The molecule has 3 aliphatic rings. The van der Waals surface area contributed by atoms with E-state index >= 15 is 0 Å². The van der Waals surface area contributed by atoms with Crippen molar-refractivity contribution in [2.75, 3.05) is 33.3 Å². The number of halogens is 3. The second-order valence-electron chi connectivity index (χ2n) is 11.5. The third-order valence-corrected chi connectivity index (χ3v) is 10.3. The SMILES string of the molecule is COC(=O)CCC(=O)N1CCC(CC(=O)N2CCC(C3c4ncc(Br)cc4CCc4cc(Cl)cc(Br)c43)CC2)CC1. The molecule has 2 aliphatic heterocycles. The van der Waals surface area contributed by atoms with Gasteiger partial charge < -0.3 is 14.5 Å². The Bertz CT molecular complexity index is 1310. The number of fused-ring (bicyclic) bond motifs is 2. The van der Waals surface area contributed by atoms with Gasteiger partial charge in [-0.1, -0.05) is 27.5 Å². The Kier molecular flexibility index (Phi) is 10.1. The molecule has 1 atom stereocenters. The number of methoxy groups -OCH3 is 1. The van der Waals surface area contributed by atoms with Gasteiger partial charge in [0.05, 0.1) is 19.2 Å².